The fourth-order valence-corrected chi connectivity index (χ4v) is 1.38. The maximum Gasteiger partial charge on any atom is 0.394 e. The molecule has 0 heterocycles. The molecule has 0 aliphatic rings. The normalized spacial score (nSPS) is 10.1. The van der Waals surface area contributed by atoms with Gasteiger partial charge in [0, 0.05) is 13.1 Å². The lowest BCUT2D eigenvalue weighted by Gasteiger charge is -2.06. The van der Waals surface area contributed by atoms with Gasteiger partial charge in [-0.3, -0.25) is 9.63 Å². The monoisotopic (exact) mass is 266 g/mol. The molecule has 6 heteroatoms. The lowest BCUT2D eigenvalue weighted by atomic mass is 10.2. The number of nitrogens with one attached hydrogen (secondary N) is 2. The predicted octanol–water partition coefficient (Wildman–Crippen LogP) is 0.689. The van der Waals surface area contributed by atoms with Crippen molar-refractivity contribution in [1.82, 2.24) is 10.8 Å². The largest absolute Gasteiger partial charge is 0.474 e. The van der Waals surface area contributed by atoms with Gasteiger partial charge >= 0.3 is 11.9 Å². The van der Waals surface area contributed by atoms with Gasteiger partial charge in [0.25, 0.3) is 0 Å². The maximum atomic E-state index is 10.7. The molecule has 0 bridgehead atoms. The SMILES string of the molecule is O=C(O)C(=O)NCCCCNOCc1ccccc1. The van der Waals surface area contributed by atoms with Crippen LogP contribution in [0.1, 0.15) is 18.4 Å². The minimum absolute atomic E-state index is 0.353. The Hall–Kier alpha value is -1.92. The quantitative estimate of drug-likeness (QED) is 0.366. The van der Waals surface area contributed by atoms with Crippen LogP contribution in [0.5, 0.6) is 0 Å². The highest BCUT2D eigenvalue weighted by atomic mass is 16.6. The zero-order chi connectivity index (χ0) is 13.9. The van der Waals surface area contributed by atoms with E-state index in [-0.39, 0.29) is 0 Å². The molecule has 19 heavy (non-hydrogen) atoms. The van der Waals surface area contributed by atoms with E-state index in [9.17, 15) is 9.59 Å². The van der Waals surface area contributed by atoms with Crippen LogP contribution in [0.2, 0.25) is 0 Å². The van der Waals surface area contributed by atoms with Gasteiger partial charge in [0.1, 0.15) is 0 Å². The summed E-state index contributed by atoms with van der Waals surface area (Å²) in [5.41, 5.74) is 3.90. The van der Waals surface area contributed by atoms with Crippen LogP contribution < -0.4 is 10.8 Å². The van der Waals surface area contributed by atoms with Crippen molar-refractivity contribution in [2.75, 3.05) is 13.1 Å². The number of hydrogen-bond donors (Lipinski definition) is 3. The molecule has 0 aliphatic carbocycles. The van der Waals surface area contributed by atoms with Gasteiger partial charge in [0.05, 0.1) is 6.61 Å². The van der Waals surface area contributed by atoms with E-state index in [0.717, 1.165) is 12.0 Å². The zero-order valence-corrected chi connectivity index (χ0v) is 10.6. The molecule has 0 unspecified atom stereocenters. The zero-order valence-electron chi connectivity index (χ0n) is 10.6. The van der Waals surface area contributed by atoms with Gasteiger partial charge in [0.2, 0.25) is 0 Å². The first-order valence-corrected chi connectivity index (χ1v) is 6.10. The summed E-state index contributed by atoms with van der Waals surface area (Å²) in [6.45, 7) is 1.50. The van der Waals surface area contributed by atoms with E-state index < -0.39 is 11.9 Å². The third-order valence-corrected chi connectivity index (χ3v) is 2.37. The molecule has 1 rings (SSSR count). The highest BCUT2D eigenvalue weighted by Crippen LogP contribution is 1.98. The molecule has 0 spiro atoms. The van der Waals surface area contributed by atoms with Gasteiger partial charge in [-0.05, 0) is 18.4 Å². The van der Waals surface area contributed by atoms with Crippen molar-refractivity contribution in [3.05, 3.63) is 35.9 Å². The molecule has 0 fully saturated rings. The molecule has 1 aromatic carbocycles. The predicted molar refractivity (Wildman–Crippen MR) is 69.1 cm³/mol. The van der Waals surface area contributed by atoms with Crippen molar-refractivity contribution < 1.29 is 19.5 Å². The van der Waals surface area contributed by atoms with Gasteiger partial charge in [-0.25, -0.2) is 10.3 Å². The molecule has 104 valence electrons. The molecule has 1 amide bonds. The molecular weight excluding hydrogens is 248 g/mol. The average Bonchev–Trinajstić information content (AvgIpc) is 2.42. The van der Waals surface area contributed by atoms with Crippen LogP contribution in [0.15, 0.2) is 30.3 Å². The van der Waals surface area contributed by atoms with Gasteiger partial charge in [0.15, 0.2) is 0 Å². The van der Waals surface area contributed by atoms with Crippen LogP contribution in [-0.4, -0.2) is 30.1 Å². The molecule has 0 saturated heterocycles. The van der Waals surface area contributed by atoms with Gasteiger partial charge < -0.3 is 10.4 Å². The van der Waals surface area contributed by atoms with E-state index in [1.54, 1.807) is 0 Å². The number of carboxylic acid groups (broad SMARTS) is 1. The van der Waals surface area contributed by atoms with Crippen LogP contribution >= 0.6 is 0 Å². The van der Waals surface area contributed by atoms with Crippen molar-refractivity contribution in [1.29, 1.82) is 0 Å². The third kappa shape index (κ3) is 7.17. The highest BCUT2D eigenvalue weighted by Gasteiger charge is 2.08. The van der Waals surface area contributed by atoms with E-state index in [1.165, 1.54) is 0 Å². The number of carboxylic acids is 1. The Morgan fingerprint density at radius 2 is 1.79 bits per heavy atom. The second-order valence-corrected chi connectivity index (χ2v) is 3.94. The van der Waals surface area contributed by atoms with Crippen LogP contribution in [-0.2, 0) is 21.0 Å². The summed E-state index contributed by atoms with van der Waals surface area (Å²) in [6, 6.07) is 9.79. The number of hydroxylamine groups is 1. The van der Waals surface area contributed by atoms with Crippen molar-refractivity contribution in [3.63, 3.8) is 0 Å². The molecule has 3 N–H and O–H groups in total. The minimum Gasteiger partial charge on any atom is -0.474 e. The number of aliphatic carboxylic acids is 1. The summed E-state index contributed by atoms with van der Waals surface area (Å²) in [5.74, 6) is -2.42. The first-order chi connectivity index (χ1) is 9.20. The Balaban J connectivity index is 1.92. The van der Waals surface area contributed by atoms with Crippen molar-refractivity contribution >= 4 is 11.9 Å². The van der Waals surface area contributed by atoms with Gasteiger partial charge in [-0.15, -0.1) is 0 Å². The Kier molecular flexibility index (Phi) is 7.23. The number of amides is 1. The van der Waals surface area contributed by atoms with Crippen molar-refractivity contribution in [2.45, 2.75) is 19.4 Å². The topological polar surface area (TPSA) is 87.7 Å². The molecule has 0 atom stereocenters. The first kappa shape index (κ1) is 15.1. The van der Waals surface area contributed by atoms with Crippen LogP contribution in [0, 0.1) is 0 Å². The number of carbonyl (C=O) groups is 2. The number of carbonyl (C=O) groups excluding carboxylic acids is 1. The van der Waals surface area contributed by atoms with E-state index in [4.69, 9.17) is 9.94 Å². The molecule has 1 aromatic rings. The molecular formula is C13H18N2O4. The standard InChI is InChI=1S/C13H18N2O4/c16-12(13(17)18)14-8-4-5-9-15-19-10-11-6-2-1-3-7-11/h1-3,6-7,15H,4-5,8-10H2,(H,14,16)(H,17,18). The molecule has 0 saturated carbocycles. The van der Waals surface area contributed by atoms with Crippen molar-refractivity contribution in [3.8, 4) is 0 Å². The maximum absolute atomic E-state index is 10.7. The number of rotatable bonds is 8. The van der Waals surface area contributed by atoms with E-state index in [0.29, 0.717) is 26.1 Å². The second-order valence-electron chi connectivity index (χ2n) is 3.94. The van der Waals surface area contributed by atoms with E-state index in [2.05, 4.69) is 10.8 Å². The molecule has 6 nitrogen and oxygen atoms in total. The summed E-state index contributed by atoms with van der Waals surface area (Å²) in [4.78, 5) is 26.1. The van der Waals surface area contributed by atoms with Gasteiger partial charge in [-0.2, -0.15) is 0 Å². The summed E-state index contributed by atoms with van der Waals surface area (Å²) in [5, 5.41) is 10.6. The van der Waals surface area contributed by atoms with Gasteiger partial charge in [-0.1, -0.05) is 30.3 Å². The number of unbranched alkanes of at least 4 members (excludes halogenated alkanes) is 1. The Morgan fingerprint density at radius 1 is 1.11 bits per heavy atom. The Labute approximate surface area is 111 Å². The smallest absolute Gasteiger partial charge is 0.394 e. The fraction of sp³-hybridized carbons (Fsp3) is 0.385. The average molecular weight is 266 g/mol. The number of hydrogen-bond acceptors (Lipinski definition) is 4. The summed E-state index contributed by atoms with van der Waals surface area (Å²) >= 11 is 0. The molecule has 0 radical (unpaired) electrons. The van der Waals surface area contributed by atoms with Crippen molar-refractivity contribution in [2.24, 2.45) is 0 Å². The Bertz CT molecular complexity index is 395. The minimum atomic E-state index is -1.45. The third-order valence-electron chi connectivity index (χ3n) is 2.37. The van der Waals surface area contributed by atoms with E-state index >= 15 is 0 Å². The van der Waals surface area contributed by atoms with Crippen LogP contribution in [0.25, 0.3) is 0 Å². The lowest BCUT2D eigenvalue weighted by Crippen LogP contribution is -2.31. The second kappa shape index (κ2) is 9.07. The summed E-state index contributed by atoms with van der Waals surface area (Å²) in [6.07, 6.45) is 1.48. The summed E-state index contributed by atoms with van der Waals surface area (Å²) < 4.78 is 0. The molecule has 0 aliphatic heterocycles. The van der Waals surface area contributed by atoms with Crippen LogP contribution in [0.3, 0.4) is 0 Å². The lowest BCUT2D eigenvalue weighted by molar-refractivity contribution is -0.150. The first-order valence-electron chi connectivity index (χ1n) is 6.10. The summed E-state index contributed by atoms with van der Waals surface area (Å²) in [7, 11) is 0. The van der Waals surface area contributed by atoms with Crippen LogP contribution in [0.4, 0.5) is 0 Å². The highest BCUT2D eigenvalue weighted by molar-refractivity contribution is 6.31. The fourth-order valence-electron chi connectivity index (χ4n) is 1.38. The van der Waals surface area contributed by atoms with E-state index in [1.807, 2.05) is 30.3 Å². The Morgan fingerprint density at radius 3 is 2.47 bits per heavy atom. The molecule has 0 aromatic heterocycles. The number of benzene rings is 1.